The van der Waals surface area contributed by atoms with Gasteiger partial charge in [-0.15, -0.1) is 11.6 Å². The zero-order chi connectivity index (χ0) is 15.0. The van der Waals surface area contributed by atoms with E-state index < -0.39 is 0 Å². The van der Waals surface area contributed by atoms with Crippen LogP contribution >= 0.6 is 11.6 Å². The number of alkyl halides is 1. The van der Waals surface area contributed by atoms with E-state index in [9.17, 15) is 4.79 Å². The van der Waals surface area contributed by atoms with Gasteiger partial charge in [-0.05, 0) is 24.1 Å². The van der Waals surface area contributed by atoms with Gasteiger partial charge >= 0.3 is 0 Å². The molecule has 1 unspecified atom stereocenters. The second kappa shape index (κ2) is 8.69. The van der Waals surface area contributed by atoms with Crippen molar-refractivity contribution in [2.24, 2.45) is 0 Å². The van der Waals surface area contributed by atoms with Crippen molar-refractivity contribution in [3.05, 3.63) is 23.8 Å². The van der Waals surface area contributed by atoms with Gasteiger partial charge in [0.15, 0.2) is 11.5 Å². The van der Waals surface area contributed by atoms with Crippen molar-refractivity contribution in [2.75, 3.05) is 20.8 Å². The van der Waals surface area contributed by atoms with Crippen molar-refractivity contribution in [3.63, 3.8) is 0 Å². The molecule has 0 aliphatic heterocycles. The first-order valence-electron chi connectivity index (χ1n) is 6.72. The number of methoxy groups -OCH3 is 2. The number of amides is 1. The predicted octanol–water partition coefficient (Wildman–Crippen LogP) is 2.77. The Kier molecular flexibility index (Phi) is 7.23. The first-order chi connectivity index (χ1) is 9.60. The second-order valence-electron chi connectivity index (χ2n) is 4.56. The second-order valence-corrected chi connectivity index (χ2v) is 5.17. The third kappa shape index (κ3) is 5.29. The number of halogens is 1. The number of ether oxygens (including phenoxy) is 2. The third-order valence-electron chi connectivity index (χ3n) is 2.94. The zero-order valence-corrected chi connectivity index (χ0v) is 13.0. The lowest BCUT2D eigenvalue weighted by molar-refractivity contribution is -0.120. The number of nitrogens with one attached hydrogen (secondary N) is 1. The van der Waals surface area contributed by atoms with Crippen molar-refractivity contribution < 1.29 is 14.3 Å². The Morgan fingerprint density at radius 2 is 2.00 bits per heavy atom. The molecule has 0 fully saturated rings. The Bertz CT molecular complexity index is 437. The number of carbonyl (C=O) groups excluding carboxylic acids is 1. The summed E-state index contributed by atoms with van der Waals surface area (Å²) in [6.45, 7) is 2.57. The van der Waals surface area contributed by atoms with Crippen LogP contribution in [0.2, 0.25) is 0 Å². The molecule has 1 amide bonds. The van der Waals surface area contributed by atoms with E-state index in [2.05, 4.69) is 12.2 Å². The minimum atomic E-state index is -0.0426. The average Bonchev–Trinajstić information content (AvgIpc) is 2.45. The van der Waals surface area contributed by atoms with E-state index in [-0.39, 0.29) is 11.3 Å². The van der Waals surface area contributed by atoms with E-state index in [1.54, 1.807) is 20.3 Å². The summed E-state index contributed by atoms with van der Waals surface area (Å²) in [4.78, 5) is 11.8. The largest absolute Gasteiger partial charge is 0.493 e. The van der Waals surface area contributed by atoms with Gasteiger partial charge in [0, 0.05) is 6.54 Å². The van der Waals surface area contributed by atoms with E-state index in [1.165, 1.54) is 0 Å². The Morgan fingerprint density at radius 1 is 1.30 bits per heavy atom. The lowest BCUT2D eigenvalue weighted by Gasteiger charge is -2.11. The molecule has 0 radical (unpaired) electrons. The number of hydrogen-bond acceptors (Lipinski definition) is 3. The van der Waals surface area contributed by atoms with Crippen LogP contribution < -0.4 is 14.8 Å². The van der Waals surface area contributed by atoms with Gasteiger partial charge < -0.3 is 14.8 Å². The summed E-state index contributed by atoms with van der Waals surface area (Å²) in [5.74, 6) is 1.23. The van der Waals surface area contributed by atoms with E-state index in [0.717, 1.165) is 18.4 Å². The van der Waals surface area contributed by atoms with Crippen LogP contribution in [0.25, 0.3) is 0 Å². The van der Waals surface area contributed by atoms with Crippen LogP contribution in [0, 0.1) is 0 Å². The van der Waals surface area contributed by atoms with Crippen LogP contribution in [-0.2, 0) is 11.2 Å². The maximum Gasteiger partial charge on any atom is 0.224 e. The highest BCUT2D eigenvalue weighted by Gasteiger charge is 2.10. The molecular weight excluding hydrogens is 278 g/mol. The average molecular weight is 300 g/mol. The summed E-state index contributed by atoms with van der Waals surface area (Å²) in [5.41, 5.74) is 0.877. The van der Waals surface area contributed by atoms with Crippen LogP contribution in [0.4, 0.5) is 0 Å². The van der Waals surface area contributed by atoms with Gasteiger partial charge in [-0.1, -0.05) is 19.4 Å². The first kappa shape index (κ1) is 16.6. The monoisotopic (exact) mass is 299 g/mol. The highest BCUT2D eigenvalue weighted by Crippen LogP contribution is 2.27. The SMILES string of the molecule is CCCC(Cl)CNC(=O)Cc1ccc(OC)c(OC)c1. The molecule has 1 atom stereocenters. The smallest absolute Gasteiger partial charge is 0.224 e. The van der Waals surface area contributed by atoms with Crippen molar-refractivity contribution in [3.8, 4) is 11.5 Å². The fourth-order valence-electron chi connectivity index (χ4n) is 1.88. The van der Waals surface area contributed by atoms with Crippen molar-refractivity contribution in [1.82, 2.24) is 5.32 Å². The standard InChI is InChI=1S/C15H22ClNO3/c1-4-5-12(16)10-17-15(18)9-11-6-7-13(19-2)14(8-11)20-3/h6-8,12H,4-5,9-10H2,1-3H3,(H,17,18). The van der Waals surface area contributed by atoms with Crippen molar-refractivity contribution in [2.45, 2.75) is 31.6 Å². The molecule has 4 nitrogen and oxygen atoms in total. The van der Waals surface area contributed by atoms with Crippen molar-refractivity contribution in [1.29, 1.82) is 0 Å². The molecule has 0 spiro atoms. The summed E-state index contributed by atoms with van der Waals surface area (Å²) in [6.07, 6.45) is 2.22. The molecule has 0 aliphatic carbocycles. The Labute approximate surface area is 125 Å². The molecule has 0 bridgehead atoms. The molecule has 1 N–H and O–H groups in total. The maximum absolute atomic E-state index is 11.8. The molecule has 1 aromatic rings. The molecule has 0 heterocycles. The van der Waals surface area contributed by atoms with Gasteiger partial charge in [-0.25, -0.2) is 0 Å². The van der Waals surface area contributed by atoms with E-state index in [1.807, 2.05) is 12.1 Å². The minimum Gasteiger partial charge on any atom is -0.493 e. The predicted molar refractivity (Wildman–Crippen MR) is 80.8 cm³/mol. The van der Waals surface area contributed by atoms with Gasteiger partial charge in [0.25, 0.3) is 0 Å². The number of rotatable bonds is 8. The fraction of sp³-hybridized carbons (Fsp3) is 0.533. The molecular formula is C15H22ClNO3. The normalized spacial score (nSPS) is 11.8. The first-order valence-corrected chi connectivity index (χ1v) is 7.16. The van der Waals surface area contributed by atoms with E-state index in [4.69, 9.17) is 21.1 Å². The van der Waals surface area contributed by atoms with Gasteiger partial charge in [-0.2, -0.15) is 0 Å². The fourth-order valence-corrected chi connectivity index (χ4v) is 2.17. The van der Waals surface area contributed by atoms with Crippen LogP contribution in [0.3, 0.4) is 0 Å². The Hall–Kier alpha value is -1.42. The van der Waals surface area contributed by atoms with Crippen LogP contribution in [0.1, 0.15) is 25.3 Å². The molecule has 0 aliphatic rings. The topological polar surface area (TPSA) is 47.6 Å². The Morgan fingerprint density at radius 3 is 2.60 bits per heavy atom. The lowest BCUT2D eigenvalue weighted by Crippen LogP contribution is -2.30. The van der Waals surface area contributed by atoms with Crippen LogP contribution in [0.5, 0.6) is 11.5 Å². The molecule has 112 valence electrons. The molecule has 0 saturated carbocycles. The van der Waals surface area contributed by atoms with Gasteiger partial charge in [0.1, 0.15) is 0 Å². The molecule has 1 aromatic carbocycles. The molecule has 0 aromatic heterocycles. The summed E-state index contributed by atoms with van der Waals surface area (Å²) in [5, 5.41) is 2.83. The summed E-state index contributed by atoms with van der Waals surface area (Å²) < 4.78 is 10.4. The maximum atomic E-state index is 11.8. The quantitative estimate of drug-likeness (QED) is 0.751. The molecule has 5 heteroatoms. The summed E-state index contributed by atoms with van der Waals surface area (Å²) in [6, 6.07) is 5.46. The van der Waals surface area contributed by atoms with Gasteiger partial charge in [-0.3, -0.25) is 4.79 Å². The van der Waals surface area contributed by atoms with Gasteiger partial charge in [0.2, 0.25) is 5.91 Å². The minimum absolute atomic E-state index is 0.00523. The zero-order valence-electron chi connectivity index (χ0n) is 12.2. The molecule has 1 rings (SSSR count). The molecule has 0 saturated heterocycles. The lowest BCUT2D eigenvalue weighted by atomic mass is 10.1. The number of hydrogen-bond donors (Lipinski definition) is 1. The van der Waals surface area contributed by atoms with E-state index in [0.29, 0.717) is 24.5 Å². The van der Waals surface area contributed by atoms with E-state index >= 15 is 0 Å². The highest BCUT2D eigenvalue weighted by molar-refractivity contribution is 6.20. The highest BCUT2D eigenvalue weighted by atomic mass is 35.5. The third-order valence-corrected chi connectivity index (χ3v) is 3.31. The summed E-state index contributed by atoms with van der Waals surface area (Å²) in [7, 11) is 3.16. The Balaban J connectivity index is 2.53. The number of benzene rings is 1. The van der Waals surface area contributed by atoms with Gasteiger partial charge in [0.05, 0.1) is 26.0 Å². The van der Waals surface area contributed by atoms with Crippen LogP contribution in [0.15, 0.2) is 18.2 Å². The number of carbonyl (C=O) groups is 1. The van der Waals surface area contributed by atoms with Crippen LogP contribution in [-0.4, -0.2) is 32.0 Å². The van der Waals surface area contributed by atoms with Crippen molar-refractivity contribution >= 4 is 17.5 Å². The molecule has 20 heavy (non-hydrogen) atoms. The summed E-state index contributed by atoms with van der Waals surface area (Å²) >= 11 is 6.06.